The molecule has 0 aliphatic carbocycles. The lowest BCUT2D eigenvalue weighted by atomic mass is 10.1. The molecule has 0 radical (unpaired) electrons. The third-order valence-electron chi connectivity index (χ3n) is 1.50. The van der Waals surface area contributed by atoms with Crippen LogP contribution in [0.5, 0.6) is 0 Å². The highest BCUT2D eigenvalue weighted by Crippen LogP contribution is 2.28. The van der Waals surface area contributed by atoms with Gasteiger partial charge in [0.2, 0.25) is 5.95 Å². The summed E-state index contributed by atoms with van der Waals surface area (Å²) in [7, 11) is 0. The Balaban J connectivity index is 3.30. The molecule has 0 aliphatic heterocycles. The van der Waals surface area contributed by atoms with Gasteiger partial charge in [0.15, 0.2) is 0 Å². The number of pyridine rings is 1. The van der Waals surface area contributed by atoms with Gasteiger partial charge in [-0.05, 0) is 0 Å². The maximum atomic E-state index is 12.6. The fourth-order valence-electron chi connectivity index (χ4n) is 0.861. The number of hydrogen-bond acceptors (Lipinski definition) is 2. The molecule has 1 rings (SSSR count). The highest BCUT2D eigenvalue weighted by atomic mass is 35.5. The molecule has 6 heteroatoms. The normalized spacial score (nSPS) is 10.9. The summed E-state index contributed by atoms with van der Waals surface area (Å²) in [5.41, 5.74) is -0.863. The van der Waals surface area contributed by atoms with Crippen molar-refractivity contribution in [2.75, 3.05) is 0 Å². The first kappa shape index (κ1) is 10.3. The number of aromatic nitrogens is 1. The maximum absolute atomic E-state index is 12.6. The van der Waals surface area contributed by atoms with E-state index in [1.807, 2.05) is 0 Å². The highest BCUT2D eigenvalue weighted by molar-refractivity contribution is 6.31. The third kappa shape index (κ3) is 1.92. The number of rotatable bonds is 2. The maximum Gasteiger partial charge on any atom is 0.265 e. The van der Waals surface area contributed by atoms with Gasteiger partial charge < -0.3 is 5.11 Å². The van der Waals surface area contributed by atoms with Crippen LogP contribution in [-0.2, 0) is 6.61 Å². The highest BCUT2D eigenvalue weighted by Gasteiger charge is 2.18. The van der Waals surface area contributed by atoms with Gasteiger partial charge >= 0.3 is 0 Å². The zero-order valence-electron chi connectivity index (χ0n) is 6.27. The Morgan fingerprint density at radius 1 is 1.54 bits per heavy atom. The molecule has 0 atom stereocenters. The molecule has 0 aliphatic rings. The summed E-state index contributed by atoms with van der Waals surface area (Å²) in [6.45, 7) is -0.738. The summed E-state index contributed by atoms with van der Waals surface area (Å²) >= 11 is 5.31. The molecule has 0 saturated heterocycles. The van der Waals surface area contributed by atoms with E-state index in [2.05, 4.69) is 4.98 Å². The topological polar surface area (TPSA) is 33.1 Å². The SMILES string of the molecule is OCc1c(C(F)F)cnc(F)c1Cl. The lowest BCUT2D eigenvalue weighted by Crippen LogP contribution is -2.00. The van der Waals surface area contributed by atoms with Crippen molar-refractivity contribution in [3.05, 3.63) is 28.3 Å². The third-order valence-corrected chi connectivity index (χ3v) is 1.89. The van der Waals surface area contributed by atoms with Crippen LogP contribution in [0.25, 0.3) is 0 Å². The Bertz CT molecular complexity index is 319. The van der Waals surface area contributed by atoms with Gasteiger partial charge in [0.25, 0.3) is 6.43 Å². The van der Waals surface area contributed by atoms with Crippen molar-refractivity contribution in [2.24, 2.45) is 0 Å². The van der Waals surface area contributed by atoms with E-state index < -0.39 is 29.6 Å². The number of hydrogen-bond donors (Lipinski definition) is 1. The monoisotopic (exact) mass is 211 g/mol. The molecule has 0 spiro atoms. The Kier molecular flexibility index (Phi) is 3.11. The number of alkyl halides is 2. The minimum atomic E-state index is -2.83. The van der Waals surface area contributed by atoms with Gasteiger partial charge in [-0.3, -0.25) is 0 Å². The fraction of sp³-hybridized carbons (Fsp3) is 0.286. The van der Waals surface area contributed by atoms with E-state index in [4.69, 9.17) is 16.7 Å². The minimum Gasteiger partial charge on any atom is -0.392 e. The zero-order chi connectivity index (χ0) is 10.0. The second kappa shape index (κ2) is 3.93. The van der Waals surface area contributed by atoms with Gasteiger partial charge in [0.05, 0.1) is 6.61 Å². The van der Waals surface area contributed by atoms with Crippen LogP contribution in [0.1, 0.15) is 17.6 Å². The molecule has 1 heterocycles. The Labute approximate surface area is 77.0 Å². The molecule has 1 aromatic rings. The van der Waals surface area contributed by atoms with Gasteiger partial charge in [-0.1, -0.05) is 11.6 Å². The molecule has 0 bridgehead atoms. The Hall–Kier alpha value is -0.810. The summed E-state index contributed by atoms with van der Waals surface area (Å²) in [6.07, 6.45) is -2.16. The summed E-state index contributed by atoms with van der Waals surface area (Å²) in [5.74, 6) is -1.06. The molecule has 0 saturated carbocycles. The zero-order valence-corrected chi connectivity index (χ0v) is 7.02. The van der Waals surface area contributed by atoms with Crippen LogP contribution in [0.2, 0.25) is 5.02 Å². The van der Waals surface area contributed by atoms with Crippen LogP contribution in [0.15, 0.2) is 6.20 Å². The van der Waals surface area contributed by atoms with E-state index in [0.717, 1.165) is 0 Å². The quantitative estimate of drug-likeness (QED) is 0.762. The predicted molar refractivity (Wildman–Crippen MR) is 40.1 cm³/mol. The lowest BCUT2D eigenvalue weighted by Gasteiger charge is -2.07. The van der Waals surface area contributed by atoms with Crippen LogP contribution in [0.3, 0.4) is 0 Å². The number of aliphatic hydroxyl groups excluding tert-OH is 1. The molecule has 1 aromatic heterocycles. The largest absolute Gasteiger partial charge is 0.392 e. The van der Waals surface area contributed by atoms with Crippen molar-refractivity contribution in [1.82, 2.24) is 4.98 Å². The summed E-state index contributed by atoms with van der Waals surface area (Å²) in [6, 6.07) is 0. The van der Waals surface area contributed by atoms with E-state index >= 15 is 0 Å². The molecule has 0 aromatic carbocycles. The van der Waals surface area contributed by atoms with Crippen molar-refractivity contribution in [2.45, 2.75) is 13.0 Å². The fourth-order valence-corrected chi connectivity index (χ4v) is 1.08. The van der Waals surface area contributed by atoms with Crippen LogP contribution < -0.4 is 0 Å². The second-order valence-electron chi connectivity index (χ2n) is 2.26. The standard InChI is InChI=1S/C7H5ClF3NO/c8-5-4(2-13)3(6(9)10)1-12-7(5)11/h1,6,13H,2H2. The van der Waals surface area contributed by atoms with E-state index in [0.29, 0.717) is 6.20 Å². The first-order chi connectivity index (χ1) is 6.07. The van der Waals surface area contributed by atoms with Crippen LogP contribution in [0, 0.1) is 5.95 Å². The number of halogens is 4. The van der Waals surface area contributed by atoms with E-state index in [1.165, 1.54) is 0 Å². The first-order valence-corrected chi connectivity index (χ1v) is 3.67. The smallest absolute Gasteiger partial charge is 0.265 e. The molecule has 72 valence electrons. The molecule has 0 fully saturated rings. The van der Waals surface area contributed by atoms with Gasteiger partial charge in [-0.25, -0.2) is 13.8 Å². The molecule has 2 nitrogen and oxygen atoms in total. The minimum absolute atomic E-state index is 0.316. The summed E-state index contributed by atoms with van der Waals surface area (Å²) < 4.78 is 37.0. The van der Waals surface area contributed by atoms with Gasteiger partial charge in [0, 0.05) is 17.3 Å². The lowest BCUT2D eigenvalue weighted by molar-refractivity contribution is 0.146. The van der Waals surface area contributed by atoms with Gasteiger partial charge in [-0.15, -0.1) is 0 Å². The molecule has 1 N–H and O–H groups in total. The van der Waals surface area contributed by atoms with E-state index in [1.54, 1.807) is 0 Å². The van der Waals surface area contributed by atoms with Crippen molar-refractivity contribution in [3.8, 4) is 0 Å². The van der Waals surface area contributed by atoms with Crippen LogP contribution in [0.4, 0.5) is 13.2 Å². The Morgan fingerprint density at radius 3 is 2.62 bits per heavy atom. The summed E-state index contributed by atoms with van der Waals surface area (Å²) in [5, 5.41) is 8.11. The van der Waals surface area contributed by atoms with Gasteiger partial charge in [0.1, 0.15) is 5.02 Å². The van der Waals surface area contributed by atoms with Crippen molar-refractivity contribution in [1.29, 1.82) is 0 Å². The molecular weight excluding hydrogens is 207 g/mol. The number of nitrogens with zero attached hydrogens (tertiary/aromatic N) is 1. The first-order valence-electron chi connectivity index (χ1n) is 3.29. The molecule has 0 unspecified atom stereocenters. The van der Waals surface area contributed by atoms with Crippen molar-refractivity contribution >= 4 is 11.6 Å². The number of aliphatic hydroxyl groups is 1. The van der Waals surface area contributed by atoms with E-state index in [9.17, 15) is 13.2 Å². The summed E-state index contributed by atoms with van der Waals surface area (Å²) in [4.78, 5) is 3.02. The molecular formula is C7H5ClF3NO. The van der Waals surface area contributed by atoms with E-state index in [-0.39, 0.29) is 5.56 Å². The van der Waals surface area contributed by atoms with Crippen molar-refractivity contribution < 1.29 is 18.3 Å². The van der Waals surface area contributed by atoms with Crippen LogP contribution in [-0.4, -0.2) is 10.1 Å². The van der Waals surface area contributed by atoms with Crippen LogP contribution >= 0.6 is 11.6 Å². The molecule has 13 heavy (non-hydrogen) atoms. The van der Waals surface area contributed by atoms with Crippen molar-refractivity contribution in [3.63, 3.8) is 0 Å². The molecule has 0 amide bonds. The average molecular weight is 212 g/mol. The predicted octanol–water partition coefficient (Wildman–Crippen LogP) is 2.30. The second-order valence-corrected chi connectivity index (χ2v) is 2.63. The average Bonchev–Trinajstić information content (AvgIpc) is 2.09. The Morgan fingerprint density at radius 2 is 2.15 bits per heavy atom. The van der Waals surface area contributed by atoms with Gasteiger partial charge in [-0.2, -0.15) is 4.39 Å².